The van der Waals surface area contributed by atoms with Crippen LogP contribution in [0.4, 0.5) is 5.69 Å². The van der Waals surface area contributed by atoms with E-state index in [9.17, 15) is 9.90 Å². The number of carbonyl (C=O) groups is 1. The number of hydrogen-bond acceptors (Lipinski definition) is 3. The molecule has 0 aromatic heterocycles. The van der Waals surface area contributed by atoms with E-state index in [-0.39, 0.29) is 0 Å². The van der Waals surface area contributed by atoms with Gasteiger partial charge in [-0.05, 0) is 56.9 Å². The molecular weight excluding hydrogens is 302 g/mol. The molecule has 128 valence electrons. The number of hydrogen-bond donors (Lipinski definition) is 2. The van der Waals surface area contributed by atoms with Gasteiger partial charge in [0.1, 0.15) is 5.75 Å². The molecule has 0 aliphatic rings. The van der Waals surface area contributed by atoms with E-state index in [1.165, 1.54) is 0 Å². The maximum absolute atomic E-state index is 11.3. The van der Waals surface area contributed by atoms with Crippen LogP contribution in [0.3, 0.4) is 0 Å². The molecule has 2 rings (SSSR count). The Morgan fingerprint density at radius 3 is 2.46 bits per heavy atom. The van der Waals surface area contributed by atoms with Crippen molar-refractivity contribution in [1.29, 1.82) is 0 Å². The second-order valence-electron chi connectivity index (χ2n) is 6.06. The molecule has 0 aliphatic carbocycles. The van der Waals surface area contributed by atoms with Gasteiger partial charge in [-0.3, -0.25) is 0 Å². The first kappa shape index (κ1) is 17.9. The van der Waals surface area contributed by atoms with Crippen LogP contribution in [-0.4, -0.2) is 24.2 Å². The van der Waals surface area contributed by atoms with Crippen molar-refractivity contribution in [3.63, 3.8) is 0 Å². The van der Waals surface area contributed by atoms with Gasteiger partial charge in [-0.2, -0.15) is 0 Å². The summed E-state index contributed by atoms with van der Waals surface area (Å²) in [5, 5.41) is 12.5. The average Bonchev–Trinajstić information content (AvgIpc) is 2.54. The molecule has 0 amide bonds. The minimum atomic E-state index is -0.903. The minimum Gasteiger partial charge on any atom is -0.493 e. The Hall–Kier alpha value is -2.49. The highest BCUT2D eigenvalue weighted by atomic mass is 16.5. The Kier molecular flexibility index (Phi) is 6.24. The number of ether oxygens (including phenoxy) is 1. The summed E-state index contributed by atoms with van der Waals surface area (Å²) in [6.07, 6.45) is 1.83. The number of aryl methyl sites for hydroxylation is 3. The van der Waals surface area contributed by atoms with E-state index in [1.807, 2.05) is 25.1 Å². The third-order valence-electron chi connectivity index (χ3n) is 3.95. The van der Waals surface area contributed by atoms with Crippen LogP contribution in [0.1, 0.15) is 39.9 Å². The number of carboxylic acids is 1. The van der Waals surface area contributed by atoms with Gasteiger partial charge < -0.3 is 15.2 Å². The number of nitrogens with one attached hydrogen (secondary N) is 1. The van der Waals surface area contributed by atoms with Gasteiger partial charge in [0.15, 0.2) is 0 Å². The van der Waals surface area contributed by atoms with Crippen LogP contribution < -0.4 is 10.1 Å². The van der Waals surface area contributed by atoms with Gasteiger partial charge in [-0.25, -0.2) is 4.79 Å². The zero-order valence-corrected chi connectivity index (χ0v) is 14.6. The predicted molar refractivity (Wildman–Crippen MR) is 97.3 cm³/mol. The van der Waals surface area contributed by atoms with E-state index in [0.29, 0.717) is 17.9 Å². The Bertz CT molecular complexity index is 690. The van der Waals surface area contributed by atoms with Gasteiger partial charge in [0.05, 0.1) is 12.2 Å². The first-order chi connectivity index (χ1) is 11.5. The second-order valence-corrected chi connectivity index (χ2v) is 6.06. The average molecular weight is 327 g/mol. The lowest BCUT2D eigenvalue weighted by Gasteiger charge is -2.13. The summed E-state index contributed by atoms with van der Waals surface area (Å²) in [4.78, 5) is 11.3. The van der Waals surface area contributed by atoms with E-state index >= 15 is 0 Å². The van der Waals surface area contributed by atoms with Crippen LogP contribution in [0.2, 0.25) is 0 Å². The standard InChI is InChI=1S/C20H25NO3/c1-14-9-10-18(17(13-14)20(22)23)21-11-4-5-12-24-19-15(2)7-6-8-16(19)3/h6-10,13,21H,4-5,11-12H2,1-3H3,(H,22,23). The van der Waals surface area contributed by atoms with E-state index in [2.05, 4.69) is 31.3 Å². The summed E-state index contributed by atoms with van der Waals surface area (Å²) in [5.74, 6) is 0.0664. The van der Waals surface area contributed by atoms with Gasteiger partial charge in [0.2, 0.25) is 0 Å². The Balaban J connectivity index is 1.77. The normalized spacial score (nSPS) is 10.5. The third-order valence-corrected chi connectivity index (χ3v) is 3.95. The summed E-state index contributed by atoms with van der Waals surface area (Å²) >= 11 is 0. The monoisotopic (exact) mass is 327 g/mol. The topological polar surface area (TPSA) is 58.6 Å². The van der Waals surface area contributed by atoms with Gasteiger partial charge in [-0.1, -0.05) is 29.8 Å². The molecular formula is C20H25NO3. The molecule has 2 aromatic rings. The van der Waals surface area contributed by atoms with E-state index in [0.717, 1.165) is 41.8 Å². The van der Waals surface area contributed by atoms with Crippen molar-refractivity contribution < 1.29 is 14.6 Å². The number of rotatable bonds is 8. The molecule has 0 saturated heterocycles. The fraction of sp³-hybridized carbons (Fsp3) is 0.350. The third kappa shape index (κ3) is 4.75. The quantitative estimate of drug-likeness (QED) is 0.697. The molecule has 0 unspecified atom stereocenters. The Labute approximate surface area is 143 Å². The summed E-state index contributed by atoms with van der Waals surface area (Å²) < 4.78 is 5.88. The fourth-order valence-electron chi connectivity index (χ4n) is 2.64. The van der Waals surface area contributed by atoms with E-state index < -0.39 is 5.97 Å². The SMILES string of the molecule is Cc1ccc(NCCCCOc2c(C)cccc2C)c(C(=O)O)c1. The molecule has 0 bridgehead atoms. The zero-order chi connectivity index (χ0) is 17.5. The number of aromatic carboxylic acids is 1. The lowest BCUT2D eigenvalue weighted by atomic mass is 10.1. The lowest BCUT2D eigenvalue weighted by Crippen LogP contribution is -2.09. The van der Waals surface area contributed by atoms with Crippen molar-refractivity contribution in [2.24, 2.45) is 0 Å². The van der Waals surface area contributed by atoms with Crippen molar-refractivity contribution in [1.82, 2.24) is 0 Å². The van der Waals surface area contributed by atoms with Gasteiger partial charge in [0, 0.05) is 12.2 Å². The van der Waals surface area contributed by atoms with Crippen LogP contribution >= 0.6 is 0 Å². The van der Waals surface area contributed by atoms with Gasteiger partial charge >= 0.3 is 5.97 Å². The van der Waals surface area contributed by atoms with E-state index in [1.54, 1.807) is 6.07 Å². The van der Waals surface area contributed by atoms with Crippen LogP contribution in [0.25, 0.3) is 0 Å². The first-order valence-corrected chi connectivity index (χ1v) is 8.26. The smallest absolute Gasteiger partial charge is 0.337 e. The highest BCUT2D eigenvalue weighted by Crippen LogP contribution is 2.22. The maximum atomic E-state index is 11.3. The molecule has 0 spiro atoms. The first-order valence-electron chi connectivity index (χ1n) is 8.26. The van der Waals surface area contributed by atoms with E-state index in [4.69, 9.17) is 4.74 Å². The van der Waals surface area contributed by atoms with Crippen LogP contribution in [-0.2, 0) is 0 Å². The number of anilines is 1. The van der Waals surface area contributed by atoms with Crippen molar-refractivity contribution >= 4 is 11.7 Å². The molecule has 0 aliphatic heterocycles. The molecule has 0 fully saturated rings. The van der Waals surface area contributed by atoms with Crippen LogP contribution in [0.15, 0.2) is 36.4 Å². The number of unbranched alkanes of at least 4 members (excludes halogenated alkanes) is 1. The highest BCUT2D eigenvalue weighted by molar-refractivity contribution is 5.94. The number of benzene rings is 2. The second kappa shape index (κ2) is 8.39. The predicted octanol–water partition coefficient (Wildman–Crippen LogP) is 4.58. The Morgan fingerprint density at radius 2 is 1.79 bits per heavy atom. The number of carboxylic acid groups (broad SMARTS) is 1. The Morgan fingerprint density at radius 1 is 1.08 bits per heavy atom. The summed E-state index contributed by atoms with van der Waals surface area (Å²) in [6.45, 7) is 7.37. The molecule has 2 N–H and O–H groups in total. The lowest BCUT2D eigenvalue weighted by molar-refractivity contribution is 0.0698. The highest BCUT2D eigenvalue weighted by Gasteiger charge is 2.09. The van der Waals surface area contributed by atoms with Crippen molar-refractivity contribution in [2.75, 3.05) is 18.5 Å². The van der Waals surface area contributed by atoms with Crippen molar-refractivity contribution in [2.45, 2.75) is 33.6 Å². The molecule has 0 saturated carbocycles. The molecule has 24 heavy (non-hydrogen) atoms. The summed E-state index contributed by atoms with van der Waals surface area (Å²) in [7, 11) is 0. The molecule has 0 heterocycles. The van der Waals surface area contributed by atoms with Gasteiger partial charge in [-0.15, -0.1) is 0 Å². The van der Waals surface area contributed by atoms with Crippen molar-refractivity contribution in [3.05, 3.63) is 58.7 Å². The zero-order valence-electron chi connectivity index (χ0n) is 14.6. The maximum Gasteiger partial charge on any atom is 0.337 e. The van der Waals surface area contributed by atoms with Gasteiger partial charge in [0.25, 0.3) is 0 Å². The molecule has 0 radical (unpaired) electrons. The molecule has 4 heteroatoms. The van der Waals surface area contributed by atoms with Crippen LogP contribution in [0, 0.1) is 20.8 Å². The summed E-state index contributed by atoms with van der Waals surface area (Å²) in [5.41, 5.74) is 4.24. The fourth-order valence-corrected chi connectivity index (χ4v) is 2.64. The summed E-state index contributed by atoms with van der Waals surface area (Å²) in [6, 6.07) is 11.6. The van der Waals surface area contributed by atoms with Crippen molar-refractivity contribution in [3.8, 4) is 5.75 Å². The number of para-hydroxylation sites is 1. The minimum absolute atomic E-state index is 0.321. The largest absolute Gasteiger partial charge is 0.493 e. The molecule has 0 atom stereocenters. The molecule has 4 nitrogen and oxygen atoms in total. The van der Waals surface area contributed by atoms with Crippen LogP contribution in [0.5, 0.6) is 5.75 Å². The molecule has 2 aromatic carbocycles.